The van der Waals surface area contributed by atoms with Crippen LogP contribution >= 0.6 is 0 Å². The van der Waals surface area contributed by atoms with Gasteiger partial charge in [-0.05, 0) is 62.9 Å². The maximum atomic E-state index is 2.37. The molecule has 6 aromatic rings. The van der Waals surface area contributed by atoms with Crippen LogP contribution in [0.1, 0.15) is 27.8 Å². The summed E-state index contributed by atoms with van der Waals surface area (Å²) in [6.07, 6.45) is 2.33. The van der Waals surface area contributed by atoms with Crippen LogP contribution < -0.4 is 20.7 Å². The smallest absolute Gasteiger partial charge is 0.0623 e. The van der Waals surface area contributed by atoms with Crippen LogP contribution in [0.5, 0.6) is 0 Å². The Bertz CT molecular complexity index is 1590. The zero-order chi connectivity index (χ0) is 28.1. The van der Waals surface area contributed by atoms with Crippen molar-refractivity contribution in [2.24, 2.45) is 0 Å². The van der Waals surface area contributed by atoms with Crippen molar-refractivity contribution >= 4 is 40.5 Å². The summed E-state index contributed by atoms with van der Waals surface area (Å²) < 4.78 is 0. The van der Waals surface area contributed by atoms with E-state index in [4.69, 9.17) is 0 Å². The Labute approximate surface area is 245 Å². The van der Waals surface area contributed by atoms with Crippen molar-refractivity contribution in [1.29, 1.82) is 0 Å². The molecule has 0 heterocycles. The summed E-state index contributed by atoms with van der Waals surface area (Å²) in [6.45, 7) is 4.28. The van der Waals surface area contributed by atoms with Crippen molar-refractivity contribution in [3.05, 3.63) is 192 Å². The Morgan fingerprint density at radius 3 is 1.10 bits per heavy atom. The van der Waals surface area contributed by atoms with Gasteiger partial charge >= 0.3 is 0 Å². The number of aryl methyl sites for hydroxylation is 2. The maximum absolute atomic E-state index is 2.52. The molecule has 198 valence electrons. The second kappa shape index (κ2) is 11.8. The molecule has 0 aliphatic rings. The maximum Gasteiger partial charge on any atom is 0.179 e. The molecule has 41 heavy (non-hydrogen) atoms. The van der Waals surface area contributed by atoms with Gasteiger partial charge in [0.1, 0.15) is 0 Å². The van der Waals surface area contributed by atoms with Gasteiger partial charge in [0.25, 0.3) is 0 Å². The van der Waals surface area contributed by atoms with Gasteiger partial charge in [-0.2, -0.15) is 0 Å². The molecule has 0 aliphatic heterocycles. The van der Waals surface area contributed by atoms with Gasteiger partial charge in [-0.25, -0.2) is 0 Å². The fraction of sp³-hybridized carbons (Fsp3) is 0.0500. The molecule has 0 nitrogen and oxygen atoms in total. The summed E-state index contributed by atoms with van der Waals surface area (Å²) in [7, 11) is -2.52. The van der Waals surface area contributed by atoms with Crippen LogP contribution in [0.3, 0.4) is 0 Å². The second-order valence-electron chi connectivity index (χ2n) is 10.8. The molecule has 0 saturated carbocycles. The molecule has 0 saturated heterocycles. The van der Waals surface area contributed by atoms with Crippen LogP contribution in [0.25, 0.3) is 11.6 Å². The SMILES string of the molecule is Cc1ccc(C(=Cc2ccc([Si](c3ccccc3)(c3ccccc3)c3ccccc3)cc2)c2ccc(C)cc2)cc1. The van der Waals surface area contributed by atoms with E-state index < -0.39 is 8.07 Å². The number of hydrogen-bond acceptors (Lipinski definition) is 0. The van der Waals surface area contributed by atoms with Crippen LogP contribution in [0.4, 0.5) is 0 Å². The molecule has 0 N–H and O–H groups in total. The zero-order valence-corrected chi connectivity index (χ0v) is 24.7. The van der Waals surface area contributed by atoms with Crippen LogP contribution in [-0.2, 0) is 0 Å². The van der Waals surface area contributed by atoms with Gasteiger partial charge in [0, 0.05) is 0 Å². The third kappa shape index (κ3) is 5.37. The van der Waals surface area contributed by atoms with Crippen molar-refractivity contribution < 1.29 is 0 Å². The molecule has 0 bridgehead atoms. The molecule has 1 heteroatoms. The minimum Gasteiger partial charge on any atom is -0.0623 e. The van der Waals surface area contributed by atoms with Gasteiger partial charge in [-0.15, -0.1) is 0 Å². The summed E-state index contributed by atoms with van der Waals surface area (Å²) in [4.78, 5) is 0. The minimum absolute atomic E-state index is 1.20. The highest BCUT2D eigenvalue weighted by molar-refractivity contribution is 7.19. The molecule has 0 radical (unpaired) electrons. The zero-order valence-electron chi connectivity index (χ0n) is 23.7. The highest BCUT2D eigenvalue weighted by atomic mass is 28.3. The van der Waals surface area contributed by atoms with E-state index in [2.05, 4.69) is 184 Å². The Hall–Kier alpha value is -4.72. The summed E-state index contributed by atoms with van der Waals surface area (Å²) >= 11 is 0. The first kappa shape index (κ1) is 26.5. The highest BCUT2D eigenvalue weighted by Crippen LogP contribution is 2.27. The normalized spacial score (nSPS) is 11.2. The largest absolute Gasteiger partial charge is 0.179 e. The van der Waals surface area contributed by atoms with Gasteiger partial charge in [0.15, 0.2) is 8.07 Å². The van der Waals surface area contributed by atoms with Gasteiger partial charge in [-0.1, -0.05) is 175 Å². The second-order valence-corrected chi connectivity index (χ2v) is 14.6. The Balaban J connectivity index is 1.52. The monoisotopic (exact) mass is 542 g/mol. The summed E-state index contributed by atoms with van der Waals surface area (Å²) in [6, 6.07) is 60.3. The lowest BCUT2D eigenvalue weighted by Gasteiger charge is -2.34. The first-order valence-corrected chi connectivity index (χ1v) is 16.3. The summed E-state index contributed by atoms with van der Waals surface area (Å²) in [5.74, 6) is 0. The molecule has 0 atom stereocenters. The van der Waals surface area contributed by atoms with E-state index >= 15 is 0 Å². The molecule has 0 amide bonds. The van der Waals surface area contributed by atoms with E-state index in [0.29, 0.717) is 0 Å². The van der Waals surface area contributed by atoms with E-state index in [-0.39, 0.29) is 0 Å². The Morgan fingerprint density at radius 2 is 0.732 bits per heavy atom. The third-order valence-electron chi connectivity index (χ3n) is 8.00. The standard InChI is InChI=1S/C40H34Si/c1-31-18-24-34(25-19-31)40(35-26-20-32(2)21-27-35)30-33-22-28-39(29-23-33)41(36-12-6-3-7-13-36,37-14-8-4-9-15-37)38-16-10-5-11-17-38/h3-30H,1-2H3. The number of rotatable bonds is 7. The van der Waals surface area contributed by atoms with E-state index in [1.165, 1.54) is 54.1 Å². The quantitative estimate of drug-likeness (QED) is 0.113. The van der Waals surface area contributed by atoms with E-state index in [1.54, 1.807) is 0 Å². The molecular weight excluding hydrogens is 509 g/mol. The lowest BCUT2D eigenvalue weighted by Crippen LogP contribution is -2.74. The first-order chi connectivity index (χ1) is 20.1. The van der Waals surface area contributed by atoms with Crippen molar-refractivity contribution in [3.8, 4) is 0 Å². The molecule has 0 spiro atoms. The summed E-state index contributed by atoms with van der Waals surface area (Å²) in [5, 5.41) is 5.55. The van der Waals surface area contributed by atoms with E-state index in [1.807, 2.05) is 0 Å². The third-order valence-corrected chi connectivity index (χ3v) is 12.8. The number of hydrogen-bond donors (Lipinski definition) is 0. The Kier molecular flexibility index (Phi) is 7.62. The topological polar surface area (TPSA) is 0 Å². The van der Waals surface area contributed by atoms with E-state index in [9.17, 15) is 0 Å². The predicted octanol–water partition coefficient (Wildman–Crippen LogP) is 7.27. The molecule has 6 rings (SSSR count). The molecule has 6 aromatic carbocycles. The Morgan fingerprint density at radius 1 is 0.390 bits per heavy atom. The lowest BCUT2D eigenvalue weighted by molar-refractivity contribution is 1.43. The van der Waals surface area contributed by atoms with Crippen molar-refractivity contribution in [3.63, 3.8) is 0 Å². The molecule has 0 fully saturated rings. The van der Waals surface area contributed by atoms with Crippen molar-refractivity contribution in [2.45, 2.75) is 13.8 Å². The molecule has 0 aromatic heterocycles. The minimum atomic E-state index is -2.52. The lowest BCUT2D eigenvalue weighted by atomic mass is 9.94. The van der Waals surface area contributed by atoms with Gasteiger partial charge in [-0.3, -0.25) is 0 Å². The van der Waals surface area contributed by atoms with Crippen LogP contribution in [-0.4, -0.2) is 8.07 Å². The van der Waals surface area contributed by atoms with Gasteiger partial charge < -0.3 is 0 Å². The highest BCUT2D eigenvalue weighted by Gasteiger charge is 2.41. The molecule has 0 aliphatic carbocycles. The predicted molar refractivity (Wildman–Crippen MR) is 179 cm³/mol. The molecular formula is C40H34Si. The van der Waals surface area contributed by atoms with E-state index in [0.717, 1.165) is 0 Å². The van der Waals surface area contributed by atoms with Gasteiger partial charge in [0.2, 0.25) is 0 Å². The van der Waals surface area contributed by atoms with Crippen molar-refractivity contribution in [2.75, 3.05) is 0 Å². The van der Waals surface area contributed by atoms with Gasteiger partial charge in [0.05, 0.1) is 0 Å². The van der Waals surface area contributed by atoms with Crippen LogP contribution in [0.2, 0.25) is 0 Å². The van der Waals surface area contributed by atoms with Crippen LogP contribution in [0, 0.1) is 13.8 Å². The van der Waals surface area contributed by atoms with Crippen LogP contribution in [0.15, 0.2) is 164 Å². The first-order valence-electron chi connectivity index (χ1n) is 14.3. The molecule has 0 unspecified atom stereocenters. The average molecular weight is 543 g/mol. The number of benzene rings is 6. The average Bonchev–Trinajstić information content (AvgIpc) is 3.04. The fourth-order valence-corrected chi connectivity index (χ4v) is 10.6. The van der Waals surface area contributed by atoms with Crippen molar-refractivity contribution in [1.82, 2.24) is 0 Å². The fourth-order valence-electron chi connectivity index (χ4n) is 5.86. The summed E-state index contributed by atoms with van der Waals surface area (Å²) in [5.41, 5.74) is 7.42.